The molecule has 0 aliphatic heterocycles. The van der Waals surface area contributed by atoms with Crippen LogP contribution in [-0.4, -0.2) is 15.8 Å². The highest BCUT2D eigenvalue weighted by Crippen LogP contribution is 2.34. The van der Waals surface area contributed by atoms with Crippen LogP contribution in [0.5, 0.6) is 11.6 Å². The van der Waals surface area contributed by atoms with Gasteiger partial charge in [0.2, 0.25) is 5.88 Å². The van der Waals surface area contributed by atoms with E-state index in [1.54, 1.807) is 4.68 Å². The molecule has 0 radical (unpaired) electrons. The molecule has 0 bridgehead atoms. The molecule has 1 N–H and O–H groups in total. The molecule has 0 amide bonds. The standard InChI is InChI=1S/C15H17BrClN3O/c1-9-12(8-18-11-4-5-11)15(20(2)19-9)21-14-6-3-10(16)7-13(14)17/h3,6-7,11,18H,4-5,8H2,1-2H3. The number of nitrogens with one attached hydrogen (secondary N) is 1. The summed E-state index contributed by atoms with van der Waals surface area (Å²) in [4.78, 5) is 0. The van der Waals surface area contributed by atoms with Gasteiger partial charge in [-0.1, -0.05) is 27.5 Å². The average molecular weight is 371 g/mol. The third kappa shape index (κ3) is 3.42. The van der Waals surface area contributed by atoms with Gasteiger partial charge in [-0.05, 0) is 38.0 Å². The summed E-state index contributed by atoms with van der Waals surface area (Å²) in [6.45, 7) is 2.77. The first-order chi connectivity index (χ1) is 10.0. The summed E-state index contributed by atoms with van der Waals surface area (Å²) in [6, 6.07) is 6.23. The van der Waals surface area contributed by atoms with Crippen LogP contribution in [-0.2, 0) is 13.6 Å². The van der Waals surface area contributed by atoms with E-state index in [1.165, 1.54) is 12.8 Å². The Morgan fingerprint density at radius 1 is 1.48 bits per heavy atom. The molecular formula is C15H17BrClN3O. The summed E-state index contributed by atoms with van der Waals surface area (Å²) in [6.07, 6.45) is 2.52. The molecule has 1 aromatic heterocycles. The molecule has 1 aromatic carbocycles. The number of hydrogen-bond acceptors (Lipinski definition) is 3. The number of hydrogen-bond donors (Lipinski definition) is 1. The molecule has 21 heavy (non-hydrogen) atoms. The molecule has 0 spiro atoms. The average Bonchev–Trinajstić information content (AvgIpc) is 3.19. The Balaban J connectivity index is 1.86. The van der Waals surface area contributed by atoms with Crippen molar-refractivity contribution in [2.24, 2.45) is 7.05 Å². The molecule has 0 saturated heterocycles. The summed E-state index contributed by atoms with van der Waals surface area (Å²) < 4.78 is 8.70. The van der Waals surface area contributed by atoms with E-state index in [0.717, 1.165) is 28.2 Å². The van der Waals surface area contributed by atoms with Crippen molar-refractivity contribution in [3.63, 3.8) is 0 Å². The van der Waals surface area contributed by atoms with Crippen LogP contribution >= 0.6 is 27.5 Å². The first kappa shape index (κ1) is 14.9. The maximum absolute atomic E-state index is 6.23. The summed E-state index contributed by atoms with van der Waals surface area (Å²) in [5, 5.41) is 8.53. The van der Waals surface area contributed by atoms with Gasteiger partial charge < -0.3 is 10.1 Å². The summed E-state index contributed by atoms with van der Waals surface area (Å²) >= 11 is 9.62. The smallest absolute Gasteiger partial charge is 0.222 e. The topological polar surface area (TPSA) is 39.1 Å². The maximum Gasteiger partial charge on any atom is 0.222 e. The lowest BCUT2D eigenvalue weighted by Crippen LogP contribution is -2.16. The van der Waals surface area contributed by atoms with Crippen molar-refractivity contribution >= 4 is 27.5 Å². The number of aromatic nitrogens is 2. The normalized spacial score (nSPS) is 14.5. The maximum atomic E-state index is 6.23. The fourth-order valence-electron chi connectivity index (χ4n) is 2.21. The number of rotatable bonds is 5. The molecule has 112 valence electrons. The minimum Gasteiger partial charge on any atom is -0.437 e. The van der Waals surface area contributed by atoms with Crippen molar-refractivity contribution in [1.82, 2.24) is 15.1 Å². The van der Waals surface area contributed by atoms with Crippen LogP contribution in [0.25, 0.3) is 0 Å². The molecule has 4 nitrogen and oxygen atoms in total. The lowest BCUT2D eigenvalue weighted by Gasteiger charge is -2.11. The molecule has 1 saturated carbocycles. The number of halogens is 2. The van der Waals surface area contributed by atoms with Gasteiger partial charge in [0.1, 0.15) is 5.75 Å². The zero-order chi connectivity index (χ0) is 15.0. The molecule has 3 rings (SSSR count). The highest BCUT2D eigenvalue weighted by atomic mass is 79.9. The molecular weight excluding hydrogens is 354 g/mol. The molecule has 1 aliphatic rings. The van der Waals surface area contributed by atoms with Gasteiger partial charge in [0.25, 0.3) is 0 Å². The third-order valence-corrected chi connectivity index (χ3v) is 4.32. The largest absolute Gasteiger partial charge is 0.437 e. The van der Waals surface area contributed by atoms with Crippen LogP contribution in [0.3, 0.4) is 0 Å². The van der Waals surface area contributed by atoms with E-state index in [2.05, 4.69) is 26.3 Å². The van der Waals surface area contributed by atoms with Crippen LogP contribution in [0.15, 0.2) is 22.7 Å². The van der Waals surface area contributed by atoms with Gasteiger partial charge in [-0.2, -0.15) is 5.10 Å². The minimum atomic E-state index is 0.573. The zero-order valence-electron chi connectivity index (χ0n) is 12.0. The molecule has 1 heterocycles. The van der Waals surface area contributed by atoms with Crippen LogP contribution < -0.4 is 10.1 Å². The quantitative estimate of drug-likeness (QED) is 0.858. The van der Waals surface area contributed by atoms with E-state index in [1.807, 2.05) is 32.2 Å². The van der Waals surface area contributed by atoms with Crippen LogP contribution in [0, 0.1) is 6.92 Å². The number of nitrogens with zero attached hydrogens (tertiary/aromatic N) is 2. The molecule has 1 fully saturated rings. The second-order valence-corrected chi connectivity index (χ2v) is 6.65. The Hall–Kier alpha value is -1.04. The van der Waals surface area contributed by atoms with E-state index in [4.69, 9.17) is 16.3 Å². The molecule has 0 atom stereocenters. The SMILES string of the molecule is Cc1nn(C)c(Oc2ccc(Br)cc2Cl)c1CNC1CC1. The number of ether oxygens (including phenoxy) is 1. The first-order valence-electron chi connectivity index (χ1n) is 6.93. The van der Waals surface area contributed by atoms with Gasteiger partial charge in [-0.25, -0.2) is 4.68 Å². The Kier molecular flexibility index (Phi) is 4.24. The van der Waals surface area contributed by atoms with Crippen LogP contribution in [0.2, 0.25) is 5.02 Å². The monoisotopic (exact) mass is 369 g/mol. The summed E-state index contributed by atoms with van der Waals surface area (Å²) in [5.41, 5.74) is 2.07. The Bertz CT molecular complexity index is 667. The van der Waals surface area contributed by atoms with Gasteiger partial charge in [0.05, 0.1) is 16.3 Å². The van der Waals surface area contributed by atoms with Gasteiger partial charge in [0, 0.05) is 24.1 Å². The molecule has 6 heteroatoms. The number of aryl methyl sites for hydroxylation is 2. The van der Waals surface area contributed by atoms with E-state index >= 15 is 0 Å². The highest BCUT2D eigenvalue weighted by molar-refractivity contribution is 9.10. The summed E-state index contributed by atoms with van der Waals surface area (Å²) in [7, 11) is 1.88. The predicted molar refractivity (Wildman–Crippen MR) is 87.0 cm³/mol. The van der Waals surface area contributed by atoms with Crippen molar-refractivity contribution in [2.75, 3.05) is 0 Å². The van der Waals surface area contributed by atoms with Crippen molar-refractivity contribution < 1.29 is 4.74 Å². The van der Waals surface area contributed by atoms with Crippen molar-refractivity contribution in [3.8, 4) is 11.6 Å². The van der Waals surface area contributed by atoms with Gasteiger partial charge in [-0.15, -0.1) is 0 Å². The molecule has 0 unspecified atom stereocenters. The minimum absolute atomic E-state index is 0.573. The zero-order valence-corrected chi connectivity index (χ0v) is 14.3. The van der Waals surface area contributed by atoms with Crippen molar-refractivity contribution in [2.45, 2.75) is 32.4 Å². The molecule has 1 aliphatic carbocycles. The fourth-order valence-corrected chi connectivity index (χ4v) is 2.92. The van der Waals surface area contributed by atoms with Gasteiger partial charge >= 0.3 is 0 Å². The van der Waals surface area contributed by atoms with Crippen LogP contribution in [0.1, 0.15) is 24.1 Å². The third-order valence-electron chi connectivity index (χ3n) is 3.53. The lowest BCUT2D eigenvalue weighted by molar-refractivity contribution is 0.424. The van der Waals surface area contributed by atoms with Crippen LogP contribution in [0.4, 0.5) is 0 Å². The van der Waals surface area contributed by atoms with E-state index in [-0.39, 0.29) is 0 Å². The highest BCUT2D eigenvalue weighted by Gasteiger charge is 2.23. The fraction of sp³-hybridized carbons (Fsp3) is 0.400. The van der Waals surface area contributed by atoms with E-state index in [0.29, 0.717) is 16.8 Å². The van der Waals surface area contributed by atoms with Crippen molar-refractivity contribution in [1.29, 1.82) is 0 Å². The Labute approximate surface area is 137 Å². The number of benzene rings is 1. The van der Waals surface area contributed by atoms with Gasteiger partial charge in [-0.3, -0.25) is 0 Å². The predicted octanol–water partition coefficient (Wildman–Crippen LogP) is 4.19. The lowest BCUT2D eigenvalue weighted by atomic mass is 10.2. The second kappa shape index (κ2) is 5.99. The Morgan fingerprint density at radius 3 is 2.90 bits per heavy atom. The second-order valence-electron chi connectivity index (χ2n) is 5.32. The Morgan fingerprint density at radius 2 is 2.24 bits per heavy atom. The first-order valence-corrected chi connectivity index (χ1v) is 8.10. The van der Waals surface area contributed by atoms with Crippen molar-refractivity contribution in [3.05, 3.63) is 39.0 Å². The van der Waals surface area contributed by atoms with Gasteiger partial charge in [0.15, 0.2) is 0 Å². The molecule has 2 aromatic rings. The van der Waals surface area contributed by atoms with E-state index in [9.17, 15) is 0 Å². The van der Waals surface area contributed by atoms with E-state index < -0.39 is 0 Å². The summed E-state index contributed by atoms with van der Waals surface area (Å²) in [5.74, 6) is 1.38.